The number of amides is 2. The van der Waals surface area contributed by atoms with Crippen molar-refractivity contribution in [3.05, 3.63) is 71.2 Å². The summed E-state index contributed by atoms with van der Waals surface area (Å²) in [6.07, 6.45) is 0. The first-order chi connectivity index (χ1) is 14.2. The fourth-order valence-electron chi connectivity index (χ4n) is 2.97. The minimum atomic E-state index is -1.66. The van der Waals surface area contributed by atoms with E-state index < -0.39 is 48.2 Å². The van der Waals surface area contributed by atoms with E-state index in [1.165, 1.54) is 13.8 Å². The van der Waals surface area contributed by atoms with Gasteiger partial charge in [-0.25, -0.2) is 17.6 Å². The topological polar surface area (TPSA) is 58.6 Å². The number of nitrogens with one attached hydrogen (secondary N) is 1. The first kappa shape index (κ1) is 21.4. The van der Waals surface area contributed by atoms with Crippen molar-refractivity contribution < 1.29 is 31.9 Å². The molecular weight excluding hydrogens is 404 g/mol. The lowest BCUT2D eigenvalue weighted by atomic mass is 9.96. The zero-order chi connectivity index (χ0) is 22.1. The van der Waals surface area contributed by atoms with Crippen molar-refractivity contribution in [1.82, 2.24) is 4.90 Å². The number of anilines is 1. The van der Waals surface area contributed by atoms with Crippen LogP contribution in [0.1, 0.15) is 19.4 Å². The predicted molar refractivity (Wildman–Crippen MR) is 101 cm³/mol. The Morgan fingerprint density at radius 2 is 1.73 bits per heavy atom. The summed E-state index contributed by atoms with van der Waals surface area (Å²) < 4.78 is 58.8. The first-order valence-corrected chi connectivity index (χ1v) is 8.92. The summed E-state index contributed by atoms with van der Waals surface area (Å²) in [6, 6.07) is 9.51. The van der Waals surface area contributed by atoms with Crippen molar-refractivity contribution in [3.8, 4) is 0 Å². The van der Waals surface area contributed by atoms with Gasteiger partial charge in [0.15, 0.2) is 24.2 Å². The van der Waals surface area contributed by atoms with Gasteiger partial charge in [-0.15, -0.1) is 0 Å². The Labute approximate surface area is 169 Å². The molecule has 2 aromatic rings. The van der Waals surface area contributed by atoms with Gasteiger partial charge in [-0.2, -0.15) is 0 Å². The summed E-state index contributed by atoms with van der Waals surface area (Å²) in [4.78, 5) is 27.0. The van der Waals surface area contributed by atoms with Gasteiger partial charge in [-0.1, -0.05) is 30.3 Å². The minimum absolute atomic E-state index is 0.0240. The molecule has 1 N–H and O–H groups in total. The summed E-state index contributed by atoms with van der Waals surface area (Å²) in [5.74, 6) is -6.20. The van der Waals surface area contributed by atoms with E-state index in [0.717, 1.165) is 4.90 Å². The van der Waals surface area contributed by atoms with Crippen LogP contribution in [0.3, 0.4) is 0 Å². The number of carbonyl (C=O) groups is 2. The van der Waals surface area contributed by atoms with Gasteiger partial charge in [0.05, 0.1) is 5.57 Å². The molecule has 0 aromatic heterocycles. The highest BCUT2D eigenvalue weighted by atomic mass is 19.2. The number of hydrogen-bond donors (Lipinski definition) is 1. The average Bonchev–Trinajstić information content (AvgIpc) is 2.71. The molecule has 1 aliphatic heterocycles. The normalized spacial score (nSPS) is 14.6. The number of ether oxygens (including phenoxy) is 1. The smallest absolute Gasteiger partial charge is 0.261 e. The van der Waals surface area contributed by atoms with Crippen molar-refractivity contribution in [1.29, 1.82) is 0 Å². The lowest BCUT2D eigenvalue weighted by molar-refractivity contribution is -0.147. The summed E-state index contributed by atoms with van der Waals surface area (Å²) in [6.45, 7) is 1.37. The number of nitrogens with zero attached hydrogens (tertiary/aromatic N) is 1. The zero-order valence-corrected chi connectivity index (χ0v) is 16.1. The van der Waals surface area contributed by atoms with E-state index in [1.54, 1.807) is 30.3 Å². The molecule has 0 radical (unpaired) electrons. The maximum absolute atomic E-state index is 13.4. The molecule has 0 fully saturated rings. The highest BCUT2D eigenvalue weighted by Crippen LogP contribution is 2.31. The van der Waals surface area contributed by atoms with E-state index >= 15 is 0 Å². The van der Waals surface area contributed by atoms with Gasteiger partial charge < -0.3 is 10.1 Å². The molecule has 2 aromatic carbocycles. The molecule has 1 heterocycles. The maximum Gasteiger partial charge on any atom is 0.261 e. The van der Waals surface area contributed by atoms with Crippen LogP contribution in [-0.2, 0) is 14.3 Å². The van der Waals surface area contributed by atoms with Crippen LogP contribution in [0.4, 0.5) is 23.2 Å². The molecule has 158 valence electrons. The molecule has 0 aliphatic carbocycles. The van der Waals surface area contributed by atoms with E-state index in [-0.39, 0.29) is 17.0 Å². The zero-order valence-electron chi connectivity index (χ0n) is 16.1. The molecule has 1 aliphatic rings. The molecule has 9 heteroatoms. The summed E-state index contributed by atoms with van der Waals surface area (Å²) in [5, 5.41) is 2.26. The van der Waals surface area contributed by atoms with E-state index in [9.17, 15) is 27.2 Å². The third kappa shape index (κ3) is 3.87. The van der Waals surface area contributed by atoms with Crippen LogP contribution in [-0.4, -0.2) is 35.7 Å². The number of allylic oxidation sites excluding steroid dienone is 1. The van der Waals surface area contributed by atoms with Gasteiger partial charge >= 0.3 is 0 Å². The minimum Gasteiger partial charge on any atom is -0.474 e. The Balaban J connectivity index is 1.89. The van der Waals surface area contributed by atoms with Crippen molar-refractivity contribution in [2.75, 3.05) is 18.7 Å². The molecule has 0 spiro atoms. The standard InChI is InChI=1S/C21H18F4N2O3/c1-21(2,20(29)26-13-8-14(23)18(25)15(24)9-13)27-11-30-16(10-22)17(19(27)28)12-6-4-3-5-7-12/h3-9H,10-11H2,1-2H3,(H,26,29). The highest BCUT2D eigenvalue weighted by molar-refractivity contribution is 6.22. The number of halogens is 4. The second-order valence-corrected chi connectivity index (χ2v) is 7.07. The van der Waals surface area contributed by atoms with E-state index in [2.05, 4.69) is 5.32 Å². The molecule has 0 atom stereocenters. The van der Waals surface area contributed by atoms with Crippen LogP contribution < -0.4 is 5.32 Å². The first-order valence-electron chi connectivity index (χ1n) is 8.92. The molecule has 0 bridgehead atoms. The predicted octanol–water partition coefficient (Wildman–Crippen LogP) is 4.02. The van der Waals surface area contributed by atoms with E-state index in [4.69, 9.17) is 4.74 Å². The van der Waals surface area contributed by atoms with E-state index in [0.29, 0.717) is 17.7 Å². The Kier molecular flexibility index (Phi) is 5.82. The van der Waals surface area contributed by atoms with Crippen LogP contribution in [0.2, 0.25) is 0 Å². The Morgan fingerprint density at radius 1 is 1.13 bits per heavy atom. The van der Waals surface area contributed by atoms with E-state index in [1.807, 2.05) is 0 Å². The summed E-state index contributed by atoms with van der Waals surface area (Å²) in [5.41, 5.74) is -1.48. The molecule has 0 unspecified atom stereocenters. The Morgan fingerprint density at radius 3 is 2.30 bits per heavy atom. The number of benzene rings is 2. The van der Waals surface area contributed by atoms with Crippen molar-refractivity contribution in [3.63, 3.8) is 0 Å². The Hall–Kier alpha value is -3.36. The molecule has 2 amide bonds. The molecule has 0 saturated carbocycles. The second kappa shape index (κ2) is 8.17. The van der Waals surface area contributed by atoms with Gasteiger partial charge in [0.1, 0.15) is 18.0 Å². The highest BCUT2D eigenvalue weighted by Gasteiger charge is 2.43. The fraction of sp³-hybridized carbons (Fsp3) is 0.238. The molecule has 3 rings (SSSR count). The lowest BCUT2D eigenvalue weighted by Crippen LogP contribution is -2.57. The van der Waals surface area contributed by atoms with Crippen molar-refractivity contribution in [2.24, 2.45) is 0 Å². The molecule has 0 saturated heterocycles. The van der Waals surface area contributed by atoms with Gasteiger partial charge in [-0.3, -0.25) is 14.5 Å². The SMILES string of the molecule is CC(C)(C(=O)Nc1cc(F)c(F)c(F)c1)N1COC(CF)=C(c2ccccc2)C1=O. The maximum atomic E-state index is 13.4. The fourth-order valence-corrected chi connectivity index (χ4v) is 2.97. The molecular formula is C21H18F4N2O3. The van der Waals surface area contributed by atoms with Crippen LogP contribution in [0.15, 0.2) is 48.2 Å². The van der Waals surface area contributed by atoms with Crippen molar-refractivity contribution in [2.45, 2.75) is 19.4 Å². The summed E-state index contributed by atoms with van der Waals surface area (Å²) >= 11 is 0. The van der Waals surface area contributed by atoms with Gasteiger partial charge in [-0.05, 0) is 19.4 Å². The molecule has 5 nitrogen and oxygen atoms in total. The van der Waals surface area contributed by atoms with Crippen molar-refractivity contribution >= 4 is 23.1 Å². The summed E-state index contributed by atoms with van der Waals surface area (Å²) in [7, 11) is 0. The second-order valence-electron chi connectivity index (χ2n) is 7.07. The Bertz CT molecular complexity index is 999. The molecule has 30 heavy (non-hydrogen) atoms. The lowest BCUT2D eigenvalue weighted by Gasteiger charge is -2.40. The quantitative estimate of drug-likeness (QED) is 0.585. The monoisotopic (exact) mass is 422 g/mol. The van der Waals surface area contributed by atoms with Crippen LogP contribution >= 0.6 is 0 Å². The van der Waals surface area contributed by atoms with Gasteiger partial charge in [0.2, 0.25) is 5.91 Å². The van der Waals surface area contributed by atoms with Gasteiger partial charge in [0, 0.05) is 17.8 Å². The van der Waals surface area contributed by atoms with Crippen LogP contribution in [0.5, 0.6) is 0 Å². The average molecular weight is 422 g/mol. The number of hydrogen-bond acceptors (Lipinski definition) is 3. The van der Waals surface area contributed by atoms with Crippen LogP contribution in [0, 0.1) is 17.5 Å². The third-order valence-electron chi connectivity index (χ3n) is 4.76. The largest absolute Gasteiger partial charge is 0.474 e. The van der Waals surface area contributed by atoms with Gasteiger partial charge in [0.25, 0.3) is 5.91 Å². The van der Waals surface area contributed by atoms with Crippen LogP contribution in [0.25, 0.3) is 5.57 Å². The number of alkyl halides is 1. The third-order valence-corrected chi connectivity index (χ3v) is 4.76. The number of rotatable bonds is 5. The number of carbonyl (C=O) groups excluding carboxylic acids is 2.